The van der Waals surface area contributed by atoms with Crippen LogP contribution in [0.1, 0.15) is 25.3 Å². The Labute approximate surface area is 170 Å². The van der Waals surface area contributed by atoms with Crippen molar-refractivity contribution in [2.24, 2.45) is 0 Å². The number of benzene rings is 2. The Hall–Kier alpha value is -3.23. The molecule has 0 radical (unpaired) electrons. The molecule has 3 aromatic rings. The SMILES string of the molecule is CCCn1c(=O)n(CCC(=O)NCc2ccccc2OC(F)(F)F)c2ccccc21. The van der Waals surface area contributed by atoms with Crippen molar-refractivity contribution in [3.05, 3.63) is 64.6 Å². The van der Waals surface area contributed by atoms with Crippen LogP contribution in [0.5, 0.6) is 5.75 Å². The summed E-state index contributed by atoms with van der Waals surface area (Å²) in [7, 11) is 0. The maximum Gasteiger partial charge on any atom is 0.573 e. The molecule has 0 aliphatic carbocycles. The van der Waals surface area contributed by atoms with E-state index in [1.807, 2.05) is 31.2 Å². The predicted molar refractivity (Wildman–Crippen MR) is 106 cm³/mol. The number of aromatic nitrogens is 2. The first-order valence-electron chi connectivity index (χ1n) is 9.58. The highest BCUT2D eigenvalue weighted by Crippen LogP contribution is 2.26. The van der Waals surface area contributed by atoms with Crippen molar-refractivity contribution in [1.82, 2.24) is 14.5 Å². The largest absolute Gasteiger partial charge is 0.573 e. The van der Waals surface area contributed by atoms with E-state index in [1.54, 1.807) is 15.2 Å². The number of amides is 1. The normalized spacial score (nSPS) is 11.6. The summed E-state index contributed by atoms with van der Waals surface area (Å²) in [5.41, 5.74) is 1.57. The van der Waals surface area contributed by atoms with Gasteiger partial charge in [0.2, 0.25) is 5.91 Å². The van der Waals surface area contributed by atoms with Crippen LogP contribution >= 0.6 is 0 Å². The van der Waals surface area contributed by atoms with E-state index in [4.69, 9.17) is 0 Å². The molecule has 0 saturated heterocycles. The van der Waals surface area contributed by atoms with Crippen LogP contribution in [0.15, 0.2) is 53.3 Å². The summed E-state index contributed by atoms with van der Waals surface area (Å²) in [5, 5.41) is 2.59. The van der Waals surface area contributed by atoms with Gasteiger partial charge in [0.05, 0.1) is 11.0 Å². The maximum atomic E-state index is 12.7. The third-order valence-electron chi connectivity index (χ3n) is 4.61. The third kappa shape index (κ3) is 5.03. The van der Waals surface area contributed by atoms with Crippen LogP contribution in [0.4, 0.5) is 13.2 Å². The molecule has 0 aliphatic heterocycles. The Kier molecular flexibility index (Phi) is 6.49. The quantitative estimate of drug-likeness (QED) is 0.602. The average Bonchev–Trinajstić information content (AvgIpc) is 2.96. The van der Waals surface area contributed by atoms with Gasteiger partial charge in [-0.05, 0) is 24.6 Å². The van der Waals surface area contributed by atoms with Crippen LogP contribution in [0.3, 0.4) is 0 Å². The monoisotopic (exact) mass is 421 g/mol. The molecule has 3 rings (SSSR count). The second-order valence-corrected chi connectivity index (χ2v) is 6.76. The number of rotatable bonds is 8. The number of aryl methyl sites for hydroxylation is 2. The van der Waals surface area contributed by atoms with Gasteiger partial charge < -0.3 is 10.1 Å². The van der Waals surface area contributed by atoms with Gasteiger partial charge >= 0.3 is 12.1 Å². The summed E-state index contributed by atoms with van der Waals surface area (Å²) in [6, 6.07) is 13.0. The van der Waals surface area contributed by atoms with Crippen molar-refractivity contribution in [2.45, 2.75) is 45.8 Å². The summed E-state index contributed by atoms with van der Waals surface area (Å²) in [5.74, 6) is -0.736. The molecule has 0 spiro atoms. The molecule has 160 valence electrons. The number of fused-ring (bicyclic) bond motifs is 1. The lowest BCUT2D eigenvalue weighted by molar-refractivity contribution is -0.274. The van der Waals surface area contributed by atoms with Gasteiger partial charge in [0.25, 0.3) is 0 Å². The molecule has 2 aromatic carbocycles. The minimum atomic E-state index is -4.81. The maximum absolute atomic E-state index is 12.7. The summed E-state index contributed by atoms with van der Waals surface area (Å²) in [6.45, 7) is 2.61. The van der Waals surface area contributed by atoms with Crippen molar-refractivity contribution < 1.29 is 22.7 Å². The molecule has 0 fully saturated rings. The first-order chi connectivity index (χ1) is 14.3. The van der Waals surface area contributed by atoms with Crippen molar-refractivity contribution in [2.75, 3.05) is 0 Å². The van der Waals surface area contributed by atoms with Crippen molar-refractivity contribution in [3.63, 3.8) is 0 Å². The number of hydrogen-bond donors (Lipinski definition) is 1. The average molecular weight is 421 g/mol. The number of nitrogens with one attached hydrogen (secondary N) is 1. The smallest absolute Gasteiger partial charge is 0.405 e. The van der Waals surface area contributed by atoms with Crippen LogP contribution in [0.2, 0.25) is 0 Å². The van der Waals surface area contributed by atoms with Crippen molar-refractivity contribution in [1.29, 1.82) is 0 Å². The van der Waals surface area contributed by atoms with Gasteiger partial charge in [0, 0.05) is 31.6 Å². The molecule has 0 atom stereocenters. The highest BCUT2D eigenvalue weighted by molar-refractivity contribution is 5.78. The zero-order chi connectivity index (χ0) is 21.7. The Bertz CT molecular complexity index is 1090. The first kappa shape index (κ1) is 21.5. The fourth-order valence-electron chi connectivity index (χ4n) is 3.30. The van der Waals surface area contributed by atoms with E-state index in [1.165, 1.54) is 18.2 Å². The van der Waals surface area contributed by atoms with Gasteiger partial charge in [0.1, 0.15) is 5.75 Å². The molecule has 0 bridgehead atoms. The van der Waals surface area contributed by atoms with Gasteiger partial charge in [-0.1, -0.05) is 37.3 Å². The summed E-state index contributed by atoms with van der Waals surface area (Å²) in [6.07, 6.45) is -4.00. The van der Waals surface area contributed by atoms with E-state index in [0.29, 0.717) is 6.54 Å². The molecule has 1 N–H and O–H groups in total. The van der Waals surface area contributed by atoms with E-state index in [0.717, 1.165) is 17.5 Å². The summed E-state index contributed by atoms with van der Waals surface area (Å²) in [4.78, 5) is 25.0. The van der Waals surface area contributed by atoms with Crippen LogP contribution in [0, 0.1) is 0 Å². The minimum Gasteiger partial charge on any atom is -0.405 e. The molecule has 30 heavy (non-hydrogen) atoms. The Morgan fingerprint density at radius 3 is 2.23 bits per heavy atom. The predicted octanol–water partition coefficient (Wildman–Crippen LogP) is 3.82. The zero-order valence-corrected chi connectivity index (χ0v) is 16.4. The van der Waals surface area contributed by atoms with Gasteiger partial charge in [-0.25, -0.2) is 4.79 Å². The number of hydrogen-bond acceptors (Lipinski definition) is 3. The second kappa shape index (κ2) is 9.06. The van der Waals surface area contributed by atoms with E-state index in [2.05, 4.69) is 10.1 Å². The van der Waals surface area contributed by atoms with Crippen LogP contribution in [-0.2, 0) is 24.4 Å². The molecule has 1 amide bonds. The van der Waals surface area contributed by atoms with Gasteiger partial charge in [-0.15, -0.1) is 13.2 Å². The highest BCUT2D eigenvalue weighted by atomic mass is 19.4. The molecule has 1 aromatic heterocycles. The van der Waals surface area contributed by atoms with Crippen LogP contribution < -0.4 is 15.7 Å². The molecular weight excluding hydrogens is 399 g/mol. The second-order valence-electron chi connectivity index (χ2n) is 6.76. The molecule has 0 saturated carbocycles. The van der Waals surface area contributed by atoms with E-state index in [-0.39, 0.29) is 42.4 Å². The van der Waals surface area contributed by atoms with Crippen LogP contribution in [-0.4, -0.2) is 21.4 Å². The molecule has 0 unspecified atom stereocenters. The standard InChI is InChI=1S/C21H22F3N3O3/c1-2-12-26-16-8-4-5-9-17(16)27(20(26)29)13-11-19(28)25-14-15-7-3-6-10-18(15)30-21(22,23)24/h3-10H,2,11-14H2,1H3,(H,25,28). The van der Waals surface area contributed by atoms with Gasteiger partial charge in [0.15, 0.2) is 0 Å². The number of nitrogens with zero attached hydrogens (tertiary/aromatic N) is 2. The molecule has 9 heteroatoms. The lowest BCUT2D eigenvalue weighted by Gasteiger charge is -2.13. The van der Waals surface area contributed by atoms with E-state index < -0.39 is 6.36 Å². The Morgan fingerprint density at radius 1 is 1.00 bits per heavy atom. The van der Waals surface area contributed by atoms with Crippen molar-refractivity contribution >= 4 is 16.9 Å². The van der Waals surface area contributed by atoms with Gasteiger partial charge in [-0.2, -0.15) is 0 Å². The lowest BCUT2D eigenvalue weighted by Crippen LogP contribution is -2.28. The van der Waals surface area contributed by atoms with Crippen molar-refractivity contribution in [3.8, 4) is 5.75 Å². The molecule has 0 aliphatic rings. The first-order valence-corrected chi connectivity index (χ1v) is 9.58. The number of imidazole rings is 1. The third-order valence-corrected chi connectivity index (χ3v) is 4.61. The number of carbonyl (C=O) groups excluding carboxylic acids is 1. The number of alkyl halides is 3. The molecular formula is C21H22F3N3O3. The van der Waals surface area contributed by atoms with E-state index in [9.17, 15) is 22.8 Å². The minimum absolute atomic E-state index is 0.0162. The number of para-hydroxylation sites is 3. The number of halogens is 3. The zero-order valence-electron chi connectivity index (χ0n) is 16.4. The molecule has 6 nitrogen and oxygen atoms in total. The summed E-state index contributed by atoms with van der Waals surface area (Å²) < 4.78 is 44.7. The number of carbonyl (C=O) groups is 1. The summed E-state index contributed by atoms with van der Waals surface area (Å²) >= 11 is 0. The van der Waals surface area contributed by atoms with E-state index >= 15 is 0 Å². The Morgan fingerprint density at radius 2 is 1.60 bits per heavy atom. The topological polar surface area (TPSA) is 65.3 Å². The molecule has 1 heterocycles. The highest BCUT2D eigenvalue weighted by Gasteiger charge is 2.32. The fourth-order valence-corrected chi connectivity index (χ4v) is 3.30. The van der Waals surface area contributed by atoms with Gasteiger partial charge in [-0.3, -0.25) is 13.9 Å². The number of ether oxygens (including phenoxy) is 1. The fraction of sp³-hybridized carbons (Fsp3) is 0.333. The Balaban J connectivity index is 1.67. The van der Waals surface area contributed by atoms with Crippen LogP contribution in [0.25, 0.3) is 11.0 Å². The lowest BCUT2D eigenvalue weighted by atomic mass is 10.2.